The number of ether oxygens (including phenoxy) is 1. The van der Waals surface area contributed by atoms with Gasteiger partial charge in [0.2, 0.25) is 5.91 Å². The Hall–Kier alpha value is -0.650. The Labute approximate surface area is 78.5 Å². The molecule has 5 nitrogen and oxygen atoms in total. The molecular formula is C8H18N2O3. The van der Waals surface area contributed by atoms with Crippen LogP contribution < -0.4 is 5.73 Å². The van der Waals surface area contributed by atoms with Gasteiger partial charge in [-0.15, -0.1) is 0 Å². The molecule has 0 saturated heterocycles. The topological polar surface area (TPSA) is 75.8 Å². The van der Waals surface area contributed by atoms with Crippen molar-refractivity contribution in [1.82, 2.24) is 4.90 Å². The molecule has 0 aromatic heterocycles. The van der Waals surface area contributed by atoms with Crippen molar-refractivity contribution in [2.45, 2.75) is 12.5 Å². The van der Waals surface area contributed by atoms with Crippen molar-refractivity contribution in [3.63, 3.8) is 0 Å². The fourth-order valence-electron chi connectivity index (χ4n) is 1.01. The van der Waals surface area contributed by atoms with Gasteiger partial charge in [0.15, 0.2) is 0 Å². The average molecular weight is 190 g/mol. The molecule has 0 aliphatic rings. The largest absolute Gasteiger partial charge is 0.395 e. The molecule has 0 bridgehead atoms. The Morgan fingerprint density at radius 2 is 2.31 bits per heavy atom. The van der Waals surface area contributed by atoms with Crippen molar-refractivity contribution in [3.8, 4) is 0 Å². The van der Waals surface area contributed by atoms with Crippen LogP contribution in [0.5, 0.6) is 0 Å². The lowest BCUT2D eigenvalue weighted by molar-refractivity contribution is -0.119. The van der Waals surface area contributed by atoms with Crippen LogP contribution in [0.25, 0.3) is 0 Å². The predicted octanol–water partition coefficient (Wildman–Crippen LogP) is -1.20. The molecule has 0 aromatic carbocycles. The Morgan fingerprint density at radius 1 is 1.69 bits per heavy atom. The minimum absolute atomic E-state index is 0.0663. The van der Waals surface area contributed by atoms with Gasteiger partial charge in [-0.3, -0.25) is 9.69 Å². The third-order valence-corrected chi connectivity index (χ3v) is 1.92. The SMILES string of the molecule is COCCN(C)C(CO)CC(N)=O. The summed E-state index contributed by atoms with van der Waals surface area (Å²) in [5, 5.41) is 8.95. The maximum Gasteiger partial charge on any atom is 0.219 e. The van der Waals surface area contributed by atoms with Crippen LogP contribution in [0.4, 0.5) is 0 Å². The molecule has 13 heavy (non-hydrogen) atoms. The van der Waals surface area contributed by atoms with Gasteiger partial charge in [-0.2, -0.15) is 0 Å². The molecule has 5 heteroatoms. The van der Waals surface area contributed by atoms with Crippen LogP contribution in [0.1, 0.15) is 6.42 Å². The van der Waals surface area contributed by atoms with Crippen molar-refractivity contribution < 1.29 is 14.6 Å². The quantitative estimate of drug-likeness (QED) is 0.529. The van der Waals surface area contributed by atoms with Gasteiger partial charge < -0.3 is 15.6 Å². The number of primary amides is 1. The minimum atomic E-state index is -0.400. The van der Waals surface area contributed by atoms with Gasteiger partial charge in [0.05, 0.1) is 13.2 Å². The molecular weight excluding hydrogens is 172 g/mol. The first-order valence-corrected chi connectivity index (χ1v) is 4.20. The molecule has 0 aliphatic carbocycles. The van der Waals surface area contributed by atoms with Crippen molar-refractivity contribution in [3.05, 3.63) is 0 Å². The number of aliphatic hydroxyl groups is 1. The normalized spacial score (nSPS) is 13.2. The number of carbonyl (C=O) groups excluding carboxylic acids is 1. The third kappa shape index (κ3) is 5.57. The number of carbonyl (C=O) groups is 1. The smallest absolute Gasteiger partial charge is 0.219 e. The van der Waals surface area contributed by atoms with E-state index in [0.717, 1.165) is 0 Å². The van der Waals surface area contributed by atoms with E-state index in [-0.39, 0.29) is 19.1 Å². The summed E-state index contributed by atoms with van der Waals surface area (Å²) in [4.78, 5) is 12.5. The maximum absolute atomic E-state index is 10.6. The molecule has 0 fully saturated rings. The number of nitrogens with zero attached hydrogens (tertiary/aromatic N) is 1. The van der Waals surface area contributed by atoms with Crippen LogP contribution in [-0.2, 0) is 9.53 Å². The highest BCUT2D eigenvalue weighted by atomic mass is 16.5. The lowest BCUT2D eigenvalue weighted by Gasteiger charge is -2.24. The van der Waals surface area contributed by atoms with E-state index in [9.17, 15) is 4.79 Å². The first kappa shape index (κ1) is 12.3. The molecule has 0 saturated carbocycles. The summed E-state index contributed by atoms with van der Waals surface area (Å²) in [6.45, 7) is 1.18. The molecule has 0 aliphatic heterocycles. The monoisotopic (exact) mass is 190 g/mol. The highest BCUT2D eigenvalue weighted by Crippen LogP contribution is 1.99. The molecule has 1 unspecified atom stereocenters. The van der Waals surface area contributed by atoms with Crippen LogP contribution in [-0.4, -0.2) is 55.9 Å². The van der Waals surface area contributed by atoms with Gasteiger partial charge in [0.1, 0.15) is 0 Å². The van der Waals surface area contributed by atoms with Gasteiger partial charge >= 0.3 is 0 Å². The molecule has 1 amide bonds. The molecule has 1 atom stereocenters. The standard InChI is InChI=1S/C8H18N2O3/c1-10(3-4-13-2)7(6-11)5-8(9)12/h7,11H,3-6H2,1-2H3,(H2,9,12). The number of aliphatic hydroxyl groups excluding tert-OH is 1. The van der Waals surface area contributed by atoms with E-state index in [1.165, 1.54) is 0 Å². The van der Waals surface area contributed by atoms with E-state index >= 15 is 0 Å². The number of amides is 1. The van der Waals surface area contributed by atoms with Crippen molar-refractivity contribution in [2.75, 3.05) is 33.9 Å². The van der Waals surface area contributed by atoms with Crippen LogP contribution in [0.15, 0.2) is 0 Å². The van der Waals surface area contributed by atoms with Crippen molar-refractivity contribution >= 4 is 5.91 Å². The second-order valence-corrected chi connectivity index (χ2v) is 2.98. The van der Waals surface area contributed by atoms with Gasteiger partial charge in [-0.25, -0.2) is 0 Å². The Morgan fingerprint density at radius 3 is 2.69 bits per heavy atom. The lowest BCUT2D eigenvalue weighted by Crippen LogP contribution is -2.39. The third-order valence-electron chi connectivity index (χ3n) is 1.92. The molecule has 0 radical (unpaired) electrons. The average Bonchev–Trinajstić information content (AvgIpc) is 2.09. The summed E-state index contributed by atoms with van der Waals surface area (Å²) >= 11 is 0. The lowest BCUT2D eigenvalue weighted by atomic mass is 10.2. The number of nitrogens with two attached hydrogens (primary N) is 1. The van der Waals surface area contributed by atoms with E-state index in [2.05, 4.69) is 0 Å². The zero-order chi connectivity index (χ0) is 10.3. The fourth-order valence-corrected chi connectivity index (χ4v) is 1.01. The molecule has 0 heterocycles. The summed E-state index contributed by atoms with van der Waals surface area (Å²) < 4.78 is 4.87. The minimum Gasteiger partial charge on any atom is -0.395 e. The Bertz CT molecular complexity index is 152. The van der Waals surface area contributed by atoms with E-state index in [1.54, 1.807) is 7.11 Å². The first-order valence-electron chi connectivity index (χ1n) is 4.20. The van der Waals surface area contributed by atoms with Crippen molar-refractivity contribution in [2.24, 2.45) is 5.73 Å². The van der Waals surface area contributed by atoms with Crippen LogP contribution >= 0.6 is 0 Å². The van der Waals surface area contributed by atoms with E-state index < -0.39 is 5.91 Å². The highest BCUT2D eigenvalue weighted by Gasteiger charge is 2.15. The molecule has 78 valence electrons. The highest BCUT2D eigenvalue weighted by molar-refractivity contribution is 5.74. The first-order chi connectivity index (χ1) is 6.11. The second kappa shape index (κ2) is 6.82. The number of likely N-dealkylation sites (N-methyl/N-ethyl adjacent to an activating group) is 1. The molecule has 0 aromatic rings. The number of rotatable bonds is 7. The van der Waals surface area contributed by atoms with E-state index in [1.807, 2.05) is 11.9 Å². The van der Waals surface area contributed by atoms with Gasteiger partial charge in [-0.05, 0) is 7.05 Å². The summed E-state index contributed by atoms with van der Waals surface area (Å²) in [5.74, 6) is -0.400. The van der Waals surface area contributed by atoms with E-state index in [0.29, 0.717) is 13.2 Å². The summed E-state index contributed by atoms with van der Waals surface area (Å²) in [5.41, 5.74) is 5.03. The Balaban J connectivity index is 3.84. The van der Waals surface area contributed by atoms with Gasteiger partial charge in [0.25, 0.3) is 0 Å². The zero-order valence-corrected chi connectivity index (χ0v) is 8.19. The van der Waals surface area contributed by atoms with Gasteiger partial charge in [0, 0.05) is 26.1 Å². The van der Waals surface area contributed by atoms with Crippen molar-refractivity contribution in [1.29, 1.82) is 0 Å². The second-order valence-electron chi connectivity index (χ2n) is 2.98. The molecule has 0 spiro atoms. The Kier molecular flexibility index (Phi) is 6.48. The van der Waals surface area contributed by atoms with E-state index in [4.69, 9.17) is 15.6 Å². The summed E-state index contributed by atoms with van der Waals surface area (Å²) in [7, 11) is 3.43. The van der Waals surface area contributed by atoms with Crippen LogP contribution in [0, 0.1) is 0 Å². The van der Waals surface area contributed by atoms with Crippen LogP contribution in [0.2, 0.25) is 0 Å². The predicted molar refractivity (Wildman–Crippen MR) is 49.2 cm³/mol. The van der Waals surface area contributed by atoms with Gasteiger partial charge in [-0.1, -0.05) is 0 Å². The fraction of sp³-hybridized carbons (Fsp3) is 0.875. The number of hydrogen-bond acceptors (Lipinski definition) is 4. The summed E-state index contributed by atoms with van der Waals surface area (Å²) in [6.07, 6.45) is 0.177. The zero-order valence-electron chi connectivity index (χ0n) is 8.19. The number of hydrogen-bond donors (Lipinski definition) is 2. The molecule has 0 rings (SSSR count). The summed E-state index contributed by atoms with van der Waals surface area (Å²) in [6, 6.07) is -0.201. The number of methoxy groups -OCH3 is 1. The van der Waals surface area contributed by atoms with Crippen LogP contribution in [0.3, 0.4) is 0 Å². The maximum atomic E-state index is 10.6. The molecule has 3 N–H and O–H groups in total.